The summed E-state index contributed by atoms with van der Waals surface area (Å²) in [5, 5.41) is 3.97. The number of carbonyl (C=O) groups is 2. The van der Waals surface area contributed by atoms with Crippen LogP contribution in [0.3, 0.4) is 0 Å². The number of aromatic amines is 1. The fraction of sp³-hybridized carbons (Fsp3) is 0.304. The Morgan fingerprint density at radius 3 is 2.81 bits per heavy atom. The van der Waals surface area contributed by atoms with Crippen molar-refractivity contribution in [2.45, 2.75) is 19.8 Å². The number of hydrogen-bond donors (Lipinski definition) is 2. The van der Waals surface area contributed by atoms with Gasteiger partial charge in [-0.25, -0.2) is 9.97 Å². The molecule has 2 N–H and O–H groups in total. The first-order valence-electron chi connectivity index (χ1n) is 10.4. The lowest BCUT2D eigenvalue weighted by Gasteiger charge is -2.31. The third kappa shape index (κ3) is 3.99. The fourth-order valence-electron chi connectivity index (χ4n) is 4.06. The molecule has 1 fully saturated rings. The highest BCUT2D eigenvalue weighted by molar-refractivity contribution is 9.10. The summed E-state index contributed by atoms with van der Waals surface area (Å²) in [7, 11) is 0. The summed E-state index contributed by atoms with van der Waals surface area (Å²) in [6.07, 6.45) is 5.85. The Labute approximate surface area is 188 Å². The van der Waals surface area contributed by atoms with Crippen LogP contribution >= 0.6 is 15.9 Å². The molecule has 0 radical (unpaired) electrons. The Morgan fingerprint density at radius 1 is 1.23 bits per heavy atom. The lowest BCUT2D eigenvalue weighted by Crippen LogP contribution is -2.38. The van der Waals surface area contributed by atoms with E-state index in [0.29, 0.717) is 29.2 Å². The molecule has 8 heteroatoms. The highest BCUT2D eigenvalue weighted by Crippen LogP contribution is 2.35. The molecule has 1 unspecified atom stereocenters. The highest BCUT2D eigenvalue weighted by Gasteiger charge is 2.30. The number of hydrogen-bond acceptors (Lipinski definition) is 4. The van der Waals surface area contributed by atoms with Gasteiger partial charge in [0.2, 0.25) is 5.91 Å². The van der Waals surface area contributed by atoms with Crippen LogP contribution in [0.25, 0.3) is 16.6 Å². The third-order valence-corrected chi connectivity index (χ3v) is 6.26. The Kier molecular flexibility index (Phi) is 5.09. The molecule has 0 spiro atoms. The van der Waals surface area contributed by atoms with Crippen LogP contribution in [0.2, 0.25) is 0 Å². The third-order valence-electron chi connectivity index (χ3n) is 5.82. The molecule has 0 saturated heterocycles. The van der Waals surface area contributed by atoms with Crippen LogP contribution in [-0.2, 0) is 4.79 Å². The molecule has 2 amide bonds. The van der Waals surface area contributed by atoms with Crippen LogP contribution in [0.5, 0.6) is 0 Å². The first-order valence-corrected chi connectivity index (χ1v) is 11.2. The standard InChI is InChI=1S/C23H22BrN5O2/c1-13-12-29(23(31)18-3-2-4-19(24)26-18)10-8-15(13)17-11-20(28-22(30)14-5-6-14)27-21-16(17)7-9-25-21/h2-4,7-9,11,13-14H,5-6,10,12H2,1H3,(H2,25,27,28,30). The first kappa shape index (κ1) is 19.9. The van der Waals surface area contributed by atoms with E-state index in [1.165, 1.54) is 0 Å². The van der Waals surface area contributed by atoms with Crippen LogP contribution < -0.4 is 5.32 Å². The van der Waals surface area contributed by atoms with Crippen molar-refractivity contribution in [2.24, 2.45) is 11.8 Å². The van der Waals surface area contributed by atoms with E-state index in [1.807, 2.05) is 29.3 Å². The Balaban J connectivity index is 1.44. The Morgan fingerprint density at radius 2 is 2.06 bits per heavy atom. The smallest absolute Gasteiger partial charge is 0.272 e. The summed E-state index contributed by atoms with van der Waals surface area (Å²) in [5.74, 6) is 0.753. The summed E-state index contributed by atoms with van der Waals surface area (Å²) >= 11 is 3.33. The predicted molar refractivity (Wildman–Crippen MR) is 122 cm³/mol. The average Bonchev–Trinajstić information content (AvgIpc) is 3.51. The number of anilines is 1. The van der Waals surface area contributed by atoms with Gasteiger partial charge in [-0.05, 0) is 70.1 Å². The number of nitrogens with one attached hydrogen (secondary N) is 2. The summed E-state index contributed by atoms with van der Waals surface area (Å²) in [5.41, 5.74) is 3.37. The van der Waals surface area contributed by atoms with E-state index < -0.39 is 0 Å². The van der Waals surface area contributed by atoms with Crippen molar-refractivity contribution in [3.63, 3.8) is 0 Å². The van der Waals surface area contributed by atoms with E-state index in [4.69, 9.17) is 0 Å². The molecule has 158 valence electrons. The minimum Gasteiger partial charge on any atom is -0.346 e. The van der Waals surface area contributed by atoms with Gasteiger partial charge < -0.3 is 15.2 Å². The van der Waals surface area contributed by atoms with Gasteiger partial charge in [0.15, 0.2) is 0 Å². The van der Waals surface area contributed by atoms with Crippen LogP contribution in [0.15, 0.2) is 47.2 Å². The van der Waals surface area contributed by atoms with Crippen LogP contribution in [0, 0.1) is 11.8 Å². The number of rotatable bonds is 4. The van der Waals surface area contributed by atoms with Gasteiger partial charge in [0.1, 0.15) is 21.8 Å². The van der Waals surface area contributed by atoms with Crippen molar-refractivity contribution in [3.8, 4) is 0 Å². The fourth-order valence-corrected chi connectivity index (χ4v) is 4.40. The molecule has 1 aliphatic carbocycles. The maximum Gasteiger partial charge on any atom is 0.272 e. The topological polar surface area (TPSA) is 91.0 Å². The molecule has 1 atom stereocenters. The van der Waals surface area contributed by atoms with Gasteiger partial charge in [-0.2, -0.15) is 0 Å². The number of carbonyl (C=O) groups excluding carboxylic acids is 2. The quantitative estimate of drug-likeness (QED) is 0.547. The molecule has 2 aliphatic rings. The largest absolute Gasteiger partial charge is 0.346 e. The summed E-state index contributed by atoms with van der Waals surface area (Å²) in [4.78, 5) is 39.0. The number of aromatic nitrogens is 3. The number of amides is 2. The van der Waals surface area contributed by atoms with Gasteiger partial charge in [-0.1, -0.05) is 19.1 Å². The highest BCUT2D eigenvalue weighted by atomic mass is 79.9. The Hall–Kier alpha value is -3.00. The molecule has 1 saturated carbocycles. The molecule has 1 aliphatic heterocycles. The van der Waals surface area contributed by atoms with Crippen molar-refractivity contribution in [2.75, 3.05) is 18.4 Å². The van der Waals surface area contributed by atoms with E-state index in [2.05, 4.69) is 49.2 Å². The molecule has 3 aromatic heterocycles. The number of H-pyrrole nitrogens is 1. The van der Waals surface area contributed by atoms with Crippen molar-refractivity contribution in [1.29, 1.82) is 0 Å². The van der Waals surface area contributed by atoms with Crippen LogP contribution in [0.4, 0.5) is 5.82 Å². The monoisotopic (exact) mass is 479 g/mol. The van der Waals surface area contributed by atoms with E-state index in [-0.39, 0.29) is 23.7 Å². The van der Waals surface area contributed by atoms with Crippen LogP contribution in [0.1, 0.15) is 35.8 Å². The minimum absolute atomic E-state index is 0.0355. The second-order valence-corrected chi connectivity index (χ2v) is 8.99. The van der Waals surface area contributed by atoms with Crippen LogP contribution in [-0.4, -0.2) is 44.8 Å². The maximum absolute atomic E-state index is 12.9. The summed E-state index contributed by atoms with van der Waals surface area (Å²) in [6, 6.07) is 9.31. The van der Waals surface area contributed by atoms with E-state index in [1.54, 1.807) is 12.1 Å². The molecule has 4 heterocycles. The van der Waals surface area contributed by atoms with Crippen molar-refractivity contribution >= 4 is 50.2 Å². The van der Waals surface area contributed by atoms with Gasteiger partial charge >= 0.3 is 0 Å². The van der Waals surface area contributed by atoms with Crippen molar-refractivity contribution in [1.82, 2.24) is 19.9 Å². The summed E-state index contributed by atoms with van der Waals surface area (Å²) < 4.78 is 0.645. The second kappa shape index (κ2) is 7.92. The van der Waals surface area contributed by atoms with Gasteiger partial charge in [-0.3, -0.25) is 9.59 Å². The normalized spacial score (nSPS) is 18.7. The SMILES string of the molecule is CC1CN(C(=O)c2cccc(Br)n2)CC=C1c1cc(NC(=O)C2CC2)nc2[nH]ccc12. The number of nitrogens with zero attached hydrogens (tertiary/aromatic N) is 3. The van der Waals surface area contributed by atoms with Gasteiger partial charge in [0, 0.05) is 30.6 Å². The maximum atomic E-state index is 12.9. The van der Waals surface area contributed by atoms with Crippen molar-refractivity contribution in [3.05, 3.63) is 58.5 Å². The molecular weight excluding hydrogens is 458 g/mol. The molecule has 5 rings (SSSR count). The molecule has 31 heavy (non-hydrogen) atoms. The number of pyridine rings is 2. The molecule has 3 aromatic rings. The summed E-state index contributed by atoms with van der Waals surface area (Å²) in [6.45, 7) is 3.21. The second-order valence-electron chi connectivity index (χ2n) is 8.17. The van der Waals surface area contributed by atoms with E-state index in [0.717, 1.165) is 35.0 Å². The van der Waals surface area contributed by atoms with Gasteiger partial charge in [-0.15, -0.1) is 0 Å². The molecule has 7 nitrogen and oxygen atoms in total. The molecule has 0 aromatic carbocycles. The van der Waals surface area contributed by atoms with E-state index >= 15 is 0 Å². The molecule has 0 bridgehead atoms. The first-order chi connectivity index (χ1) is 15.0. The molecular formula is C23H22BrN5O2. The van der Waals surface area contributed by atoms with Gasteiger partial charge in [0.05, 0.1) is 0 Å². The Bertz CT molecular complexity index is 1210. The van der Waals surface area contributed by atoms with Gasteiger partial charge in [0.25, 0.3) is 5.91 Å². The zero-order chi connectivity index (χ0) is 21.5. The zero-order valence-electron chi connectivity index (χ0n) is 17.1. The minimum atomic E-state index is -0.0812. The number of fused-ring (bicyclic) bond motifs is 1. The average molecular weight is 480 g/mol. The number of halogens is 1. The van der Waals surface area contributed by atoms with E-state index in [9.17, 15) is 9.59 Å². The predicted octanol–water partition coefficient (Wildman–Crippen LogP) is 4.24. The lowest BCUT2D eigenvalue weighted by molar-refractivity contribution is -0.117. The van der Waals surface area contributed by atoms with Crippen molar-refractivity contribution < 1.29 is 9.59 Å². The lowest BCUT2D eigenvalue weighted by atomic mass is 9.89. The zero-order valence-corrected chi connectivity index (χ0v) is 18.6.